The molecule has 242 valence electrons. The fourth-order valence-electron chi connectivity index (χ4n) is 6.26. The Balaban J connectivity index is 1.09. The molecule has 46 heavy (non-hydrogen) atoms. The second kappa shape index (κ2) is 13.2. The molecule has 3 aliphatic rings. The summed E-state index contributed by atoms with van der Waals surface area (Å²) in [5, 5.41) is 17.1. The Labute approximate surface area is 274 Å². The number of amides is 2. The molecule has 1 aliphatic carbocycles. The van der Waals surface area contributed by atoms with Gasteiger partial charge < -0.3 is 25.2 Å². The highest BCUT2D eigenvalue weighted by atomic mass is 32.1. The molecule has 4 heterocycles. The number of carbonyl (C=O) groups is 2. The molecule has 3 aromatic rings. The van der Waals surface area contributed by atoms with Gasteiger partial charge in [-0.25, -0.2) is 14.8 Å². The number of benzene rings is 1. The van der Waals surface area contributed by atoms with Crippen LogP contribution in [-0.2, 0) is 4.74 Å². The normalized spacial score (nSPS) is 20.6. The SMILES string of the molecule is C[C@@H]1[C@H](NC(=O)c2ccc(C3CC3)cc2)CCCN1c1cnc(C#N)c(Nc2cc(C3CCN(C(=O)OC(C)(C)C)CC3)ns2)n1. The van der Waals surface area contributed by atoms with Crippen molar-refractivity contribution in [1.29, 1.82) is 5.26 Å². The minimum atomic E-state index is -0.516. The molecule has 3 fully saturated rings. The number of likely N-dealkylation sites (tertiary alicyclic amines) is 1. The molecule has 2 amide bonds. The summed E-state index contributed by atoms with van der Waals surface area (Å²) in [7, 11) is 0. The fraction of sp³-hybridized carbons (Fsp3) is 0.529. The molecular formula is C34H42N8O3S. The highest BCUT2D eigenvalue weighted by Crippen LogP contribution is 2.40. The lowest BCUT2D eigenvalue weighted by atomic mass is 9.94. The number of hydrogen-bond donors (Lipinski definition) is 2. The quantitative estimate of drug-likeness (QED) is 0.303. The van der Waals surface area contributed by atoms with E-state index in [9.17, 15) is 14.9 Å². The van der Waals surface area contributed by atoms with E-state index in [1.165, 1.54) is 29.9 Å². The Hall–Kier alpha value is -4.24. The van der Waals surface area contributed by atoms with Crippen LogP contribution in [-0.4, -0.2) is 68.6 Å². The Morgan fingerprint density at radius 2 is 1.78 bits per heavy atom. The first-order chi connectivity index (χ1) is 22.1. The number of nitrogens with zero attached hydrogens (tertiary/aromatic N) is 6. The van der Waals surface area contributed by atoms with Crippen LogP contribution < -0.4 is 15.5 Å². The maximum Gasteiger partial charge on any atom is 0.410 e. The number of carbonyl (C=O) groups excluding carboxylic acids is 2. The van der Waals surface area contributed by atoms with Crippen molar-refractivity contribution in [3.05, 3.63) is 59.0 Å². The van der Waals surface area contributed by atoms with E-state index < -0.39 is 5.60 Å². The van der Waals surface area contributed by atoms with Crippen LogP contribution in [0.3, 0.4) is 0 Å². The summed E-state index contributed by atoms with van der Waals surface area (Å²) >= 11 is 1.32. The number of rotatable bonds is 7. The monoisotopic (exact) mass is 642 g/mol. The highest BCUT2D eigenvalue weighted by molar-refractivity contribution is 7.10. The third kappa shape index (κ3) is 7.41. The van der Waals surface area contributed by atoms with Crippen LogP contribution >= 0.6 is 11.5 Å². The maximum absolute atomic E-state index is 13.1. The number of anilines is 3. The Kier molecular flexibility index (Phi) is 9.13. The second-order valence-corrected chi connectivity index (χ2v) is 14.4. The van der Waals surface area contributed by atoms with Crippen LogP contribution in [0.1, 0.15) is 105 Å². The predicted octanol–water partition coefficient (Wildman–Crippen LogP) is 6.33. The summed E-state index contributed by atoms with van der Waals surface area (Å²) in [6, 6.07) is 12.1. The molecule has 2 saturated heterocycles. The third-order valence-electron chi connectivity index (χ3n) is 9.02. The van der Waals surface area contributed by atoms with Crippen LogP contribution in [0.25, 0.3) is 0 Å². The number of aromatic nitrogens is 3. The lowest BCUT2D eigenvalue weighted by Crippen LogP contribution is -2.54. The van der Waals surface area contributed by atoms with Crippen molar-refractivity contribution < 1.29 is 14.3 Å². The van der Waals surface area contributed by atoms with Gasteiger partial charge in [-0.2, -0.15) is 9.64 Å². The van der Waals surface area contributed by atoms with E-state index in [4.69, 9.17) is 9.72 Å². The van der Waals surface area contributed by atoms with Gasteiger partial charge in [-0.05, 0) is 107 Å². The first-order valence-corrected chi connectivity index (χ1v) is 17.0. The fourth-order valence-corrected chi connectivity index (χ4v) is 6.98. The Morgan fingerprint density at radius 3 is 2.46 bits per heavy atom. The van der Waals surface area contributed by atoms with E-state index in [0.29, 0.717) is 36.2 Å². The van der Waals surface area contributed by atoms with Crippen molar-refractivity contribution in [1.82, 2.24) is 24.6 Å². The number of nitriles is 1. The van der Waals surface area contributed by atoms with Gasteiger partial charge in [-0.15, -0.1) is 0 Å². The summed E-state index contributed by atoms with van der Waals surface area (Å²) < 4.78 is 10.2. The minimum absolute atomic E-state index is 0.0138. The van der Waals surface area contributed by atoms with Crippen LogP contribution in [0.5, 0.6) is 0 Å². The zero-order valence-corrected chi connectivity index (χ0v) is 27.8. The average molecular weight is 643 g/mol. The Bertz CT molecular complexity index is 1600. The van der Waals surface area contributed by atoms with E-state index in [1.54, 1.807) is 11.1 Å². The average Bonchev–Trinajstić information content (AvgIpc) is 3.79. The standard InChI is InChI=1S/C34H42N8O3S/c1-21-26(37-32(43)25-11-9-23(10-12-25)22-7-8-22)6-5-15-42(21)29-20-36-28(19-35)31(38-29)39-30-18-27(40-46-30)24-13-16-41(17-14-24)33(44)45-34(2,3)4/h9-12,18,20-22,24,26H,5-8,13-17H2,1-4H3,(H,37,43)(H,38,39)/t21-,26-/m1/s1. The summed E-state index contributed by atoms with van der Waals surface area (Å²) in [4.78, 5) is 38.8. The van der Waals surface area contributed by atoms with Crippen molar-refractivity contribution in [3.63, 3.8) is 0 Å². The molecule has 12 heteroatoms. The molecule has 0 unspecified atom stereocenters. The number of piperidine rings is 2. The van der Waals surface area contributed by atoms with Gasteiger partial charge in [0.15, 0.2) is 11.5 Å². The van der Waals surface area contributed by atoms with Gasteiger partial charge in [0.2, 0.25) is 0 Å². The summed E-state index contributed by atoms with van der Waals surface area (Å²) in [5.41, 5.74) is 2.64. The minimum Gasteiger partial charge on any atom is -0.444 e. The van der Waals surface area contributed by atoms with E-state index in [1.807, 2.05) is 39.0 Å². The second-order valence-electron chi connectivity index (χ2n) is 13.6. The van der Waals surface area contributed by atoms with Crippen molar-refractivity contribution in [2.45, 2.75) is 95.7 Å². The van der Waals surface area contributed by atoms with E-state index in [2.05, 4.69) is 50.0 Å². The molecule has 2 N–H and O–H groups in total. The van der Waals surface area contributed by atoms with Gasteiger partial charge in [-0.3, -0.25) is 4.79 Å². The zero-order valence-electron chi connectivity index (χ0n) is 27.0. The van der Waals surface area contributed by atoms with E-state index >= 15 is 0 Å². The van der Waals surface area contributed by atoms with Crippen molar-refractivity contribution in [2.24, 2.45) is 0 Å². The maximum atomic E-state index is 13.1. The lowest BCUT2D eigenvalue weighted by Gasteiger charge is -2.40. The van der Waals surface area contributed by atoms with Gasteiger partial charge in [0.05, 0.1) is 11.9 Å². The van der Waals surface area contributed by atoms with E-state index in [-0.39, 0.29) is 35.7 Å². The Morgan fingerprint density at radius 1 is 1.04 bits per heavy atom. The topological polar surface area (TPSA) is 136 Å². The largest absolute Gasteiger partial charge is 0.444 e. The summed E-state index contributed by atoms with van der Waals surface area (Å²) in [6.07, 6.45) is 7.21. The molecule has 1 saturated carbocycles. The lowest BCUT2D eigenvalue weighted by molar-refractivity contribution is 0.0204. The van der Waals surface area contributed by atoms with Gasteiger partial charge in [0.25, 0.3) is 5.91 Å². The molecule has 2 aliphatic heterocycles. The summed E-state index contributed by atoms with van der Waals surface area (Å²) in [5.74, 6) is 1.86. The molecule has 0 bridgehead atoms. The third-order valence-corrected chi connectivity index (χ3v) is 9.74. The molecule has 0 radical (unpaired) electrons. The van der Waals surface area contributed by atoms with Crippen LogP contribution in [0, 0.1) is 11.3 Å². The number of hydrogen-bond acceptors (Lipinski definition) is 10. The van der Waals surface area contributed by atoms with Crippen molar-refractivity contribution >= 4 is 40.2 Å². The summed E-state index contributed by atoms with van der Waals surface area (Å²) in [6.45, 7) is 9.73. The highest BCUT2D eigenvalue weighted by Gasteiger charge is 2.32. The molecular weight excluding hydrogens is 600 g/mol. The van der Waals surface area contributed by atoms with Gasteiger partial charge >= 0.3 is 6.09 Å². The number of nitrogens with one attached hydrogen (secondary N) is 2. The van der Waals surface area contributed by atoms with E-state index in [0.717, 1.165) is 42.9 Å². The zero-order chi connectivity index (χ0) is 32.4. The molecule has 6 rings (SSSR count). The molecule has 0 spiro atoms. The van der Waals surface area contributed by atoms with Crippen molar-refractivity contribution in [2.75, 3.05) is 29.9 Å². The van der Waals surface area contributed by atoms with Gasteiger partial charge in [0.1, 0.15) is 22.5 Å². The van der Waals surface area contributed by atoms with Crippen LogP contribution in [0.4, 0.5) is 21.4 Å². The number of ether oxygens (including phenoxy) is 1. The molecule has 1 aromatic carbocycles. The van der Waals surface area contributed by atoms with Gasteiger partial charge in [0, 0.05) is 43.2 Å². The van der Waals surface area contributed by atoms with Crippen LogP contribution in [0.2, 0.25) is 0 Å². The first-order valence-electron chi connectivity index (χ1n) is 16.2. The van der Waals surface area contributed by atoms with Crippen molar-refractivity contribution in [3.8, 4) is 6.07 Å². The smallest absolute Gasteiger partial charge is 0.410 e. The van der Waals surface area contributed by atoms with Gasteiger partial charge in [-0.1, -0.05) is 12.1 Å². The molecule has 11 nitrogen and oxygen atoms in total. The first kappa shape index (κ1) is 31.7. The predicted molar refractivity (Wildman–Crippen MR) is 178 cm³/mol. The van der Waals surface area contributed by atoms with Crippen LogP contribution in [0.15, 0.2) is 36.5 Å². The molecule has 2 atom stereocenters. The molecule has 2 aromatic heterocycles.